The van der Waals surface area contributed by atoms with Crippen molar-refractivity contribution < 1.29 is 14.3 Å². The van der Waals surface area contributed by atoms with Crippen molar-refractivity contribution in [1.82, 2.24) is 14.7 Å². The van der Waals surface area contributed by atoms with Gasteiger partial charge in [-0.05, 0) is 35.9 Å². The highest BCUT2D eigenvalue weighted by molar-refractivity contribution is 6.32. The summed E-state index contributed by atoms with van der Waals surface area (Å²) in [4.78, 5) is 15.1. The lowest BCUT2D eigenvalue weighted by Gasteiger charge is -2.26. The Morgan fingerprint density at radius 1 is 1.13 bits per heavy atom. The van der Waals surface area contributed by atoms with Gasteiger partial charge in [0.15, 0.2) is 6.73 Å². The number of amides is 1. The quantitative estimate of drug-likeness (QED) is 0.624. The molecule has 8 heteroatoms. The van der Waals surface area contributed by atoms with Crippen molar-refractivity contribution in [3.05, 3.63) is 77.1 Å². The molecule has 0 saturated carbocycles. The van der Waals surface area contributed by atoms with Crippen molar-refractivity contribution in [1.29, 1.82) is 0 Å². The van der Waals surface area contributed by atoms with Gasteiger partial charge in [-0.2, -0.15) is 5.10 Å². The maximum atomic E-state index is 12.8. The van der Waals surface area contributed by atoms with Crippen LogP contribution in [0.2, 0.25) is 5.02 Å². The molecule has 4 rings (SSSR count). The number of morpholine rings is 1. The first-order chi connectivity index (χ1) is 14.7. The Bertz CT molecular complexity index is 1000. The second kappa shape index (κ2) is 9.75. The number of aromatic nitrogens is 2. The van der Waals surface area contributed by atoms with E-state index < -0.39 is 0 Å². The number of halogens is 1. The number of hydrogen-bond donors (Lipinski definition) is 1. The minimum absolute atomic E-state index is 0.0799. The molecule has 0 bridgehead atoms. The highest BCUT2D eigenvalue weighted by Gasteiger charge is 2.15. The van der Waals surface area contributed by atoms with Gasteiger partial charge in [0.05, 0.1) is 18.2 Å². The van der Waals surface area contributed by atoms with Crippen LogP contribution in [0.15, 0.2) is 60.8 Å². The Morgan fingerprint density at radius 2 is 1.97 bits per heavy atom. The van der Waals surface area contributed by atoms with Gasteiger partial charge in [0, 0.05) is 31.5 Å². The predicted octanol–water partition coefficient (Wildman–Crippen LogP) is 3.66. The number of nitrogens with one attached hydrogen (secondary N) is 1. The molecule has 0 aliphatic carbocycles. The Morgan fingerprint density at radius 3 is 2.80 bits per heavy atom. The van der Waals surface area contributed by atoms with E-state index in [-0.39, 0.29) is 12.6 Å². The molecular formula is C22H23ClN4O3. The summed E-state index contributed by atoms with van der Waals surface area (Å²) >= 11 is 6.11. The standard InChI is InChI=1S/C22H23ClN4O3/c23-19-6-1-2-7-21(19)30-16-27-20(8-9-24-27)22(28)25-18-5-3-4-17(14-18)15-26-10-12-29-13-11-26/h1-9,14H,10-13,15-16H2,(H,25,28). The number of nitrogens with zero attached hydrogens (tertiary/aromatic N) is 3. The van der Waals surface area contributed by atoms with Crippen LogP contribution in [0.4, 0.5) is 5.69 Å². The monoisotopic (exact) mass is 426 g/mol. The van der Waals surface area contributed by atoms with E-state index in [0.29, 0.717) is 16.5 Å². The number of benzene rings is 2. The SMILES string of the molecule is O=C(Nc1cccc(CN2CCOCC2)c1)c1ccnn1COc1ccccc1Cl. The van der Waals surface area contributed by atoms with Crippen LogP contribution in [0, 0.1) is 0 Å². The summed E-state index contributed by atoms with van der Waals surface area (Å²) in [5, 5.41) is 7.64. The van der Waals surface area contributed by atoms with Crippen molar-refractivity contribution in [3.63, 3.8) is 0 Å². The Hall–Kier alpha value is -2.87. The fraction of sp³-hybridized carbons (Fsp3) is 0.273. The molecule has 7 nitrogen and oxygen atoms in total. The summed E-state index contributed by atoms with van der Waals surface area (Å²) in [5.41, 5.74) is 2.29. The number of para-hydroxylation sites is 1. The topological polar surface area (TPSA) is 68.6 Å². The van der Waals surface area contributed by atoms with Crippen LogP contribution >= 0.6 is 11.6 Å². The molecule has 156 valence electrons. The van der Waals surface area contributed by atoms with Gasteiger partial charge in [0.1, 0.15) is 11.4 Å². The molecule has 30 heavy (non-hydrogen) atoms. The maximum absolute atomic E-state index is 12.8. The van der Waals surface area contributed by atoms with Gasteiger partial charge < -0.3 is 14.8 Å². The average molecular weight is 427 g/mol. The second-order valence-corrected chi connectivity index (χ2v) is 7.37. The molecule has 2 heterocycles. The lowest BCUT2D eigenvalue weighted by molar-refractivity contribution is 0.0342. The summed E-state index contributed by atoms with van der Waals surface area (Å²) in [6, 6.07) is 16.7. The van der Waals surface area contributed by atoms with E-state index in [2.05, 4.69) is 21.4 Å². The van der Waals surface area contributed by atoms with Crippen molar-refractivity contribution in [2.24, 2.45) is 0 Å². The van der Waals surface area contributed by atoms with Gasteiger partial charge in [-0.25, -0.2) is 4.68 Å². The molecule has 1 aliphatic rings. The van der Waals surface area contributed by atoms with E-state index in [0.717, 1.165) is 44.1 Å². The van der Waals surface area contributed by atoms with Crippen LogP contribution in [0.1, 0.15) is 16.1 Å². The Labute approximate surface area is 180 Å². The van der Waals surface area contributed by atoms with Crippen molar-refractivity contribution in [2.75, 3.05) is 31.6 Å². The fourth-order valence-electron chi connectivity index (χ4n) is 3.28. The van der Waals surface area contributed by atoms with Gasteiger partial charge in [-0.3, -0.25) is 9.69 Å². The van der Waals surface area contributed by atoms with E-state index in [1.807, 2.05) is 30.3 Å². The molecule has 0 radical (unpaired) electrons. The van der Waals surface area contributed by atoms with E-state index in [1.54, 1.807) is 24.4 Å². The average Bonchev–Trinajstić information content (AvgIpc) is 3.23. The number of carbonyl (C=O) groups is 1. The summed E-state index contributed by atoms with van der Waals surface area (Å²) in [6.45, 7) is 4.27. The van der Waals surface area contributed by atoms with Crippen LogP contribution in [0.25, 0.3) is 0 Å². The van der Waals surface area contributed by atoms with E-state index in [9.17, 15) is 4.79 Å². The van der Waals surface area contributed by atoms with E-state index in [4.69, 9.17) is 21.1 Å². The zero-order valence-corrected chi connectivity index (χ0v) is 17.2. The molecule has 0 atom stereocenters. The molecule has 0 spiro atoms. The number of carbonyl (C=O) groups excluding carboxylic acids is 1. The molecule has 1 amide bonds. The first kappa shape index (κ1) is 20.4. The molecule has 3 aromatic rings. The summed E-state index contributed by atoms with van der Waals surface area (Å²) in [7, 11) is 0. The van der Waals surface area contributed by atoms with Crippen LogP contribution < -0.4 is 10.1 Å². The number of hydrogen-bond acceptors (Lipinski definition) is 5. The van der Waals surface area contributed by atoms with Crippen molar-refractivity contribution in [2.45, 2.75) is 13.3 Å². The van der Waals surface area contributed by atoms with Gasteiger partial charge in [0.25, 0.3) is 5.91 Å². The first-order valence-corrected chi connectivity index (χ1v) is 10.2. The fourth-order valence-corrected chi connectivity index (χ4v) is 3.47. The van der Waals surface area contributed by atoms with Gasteiger partial charge in [-0.1, -0.05) is 35.9 Å². The Kier molecular flexibility index (Phi) is 6.63. The highest BCUT2D eigenvalue weighted by atomic mass is 35.5. The zero-order chi connectivity index (χ0) is 20.8. The van der Waals surface area contributed by atoms with Gasteiger partial charge in [0.2, 0.25) is 0 Å². The zero-order valence-electron chi connectivity index (χ0n) is 16.5. The smallest absolute Gasteiger partial charge is 0.274 e. The molecule has 1 fully saturated rings. The number of ether oxygens (including phenoxy) is 2. The van der Waals surface area contributed by atoms with Crippen LogP contribution in [0.5, 0.6) is 5.75 Å². The van der Waals surface area contributed by atoms with Crippen molar-refractivity contribution >= 4 is 23.2 Å². The minimum Gasteiger partial charge on any atom is -0.470 e. The predicted molar refractivity (Wildman–Crippen MR) is 115 cm³/mol. The minimum atomic E-state index is -0.251. The number of rotatable bonds is 7. The Balaban J connectivity index is 1.39. The molecule has 2 aromatic carbocycles. The summed E-state index contributed by atoms with van der Waals surface area (Å²) in [5.74, 6) is 0.288. The largest absolute Gasteiger partial charge is 0.470 e. The van der Waals surface area contributed by atoms with E-state index in [1.165, 1.54) is 4.68 Å². The lowest BCUT2D eigenvalue weighted by Crippen LogP contribution is -2.35. The first-order valence-electron chi connectivity index (χ1n) is 9.78. The van der Waals surface area contributed by atoms with Crippen LogP contribution in [-0.4, -0.2) is 46.9 Å². The third-order valence-corrected chi connectivity index (χ3v) is 5.14. The molecule has 1 aliphatic heterocycles. The number of anilines is 1. The van der Waals surface area contributed by atoms with Gasteiger partial charge >= 0.3 is 0 Å². The van der Waals surface area contributed by atoms with Crippen molar-refractivity contribution in [3.8, 4) is 5.75 Å². The maximum Gasteiger partial charge on any atom is 0.274 e. The third kappa shape index (κ3) is 5.18. The highest BCUT2D eigenvalue weighted by Crippen LogP contribution is 2.23. The van der Waals surface area contributed by atoms with Gasteiger partial charge in [-0.15, -0.1) is 0 Å². The summed E-state index contributed by atoms with van der Waals surface area (Å²) < 4.78 is 12.6. The van der Waals surface area contributed by atoms with Crippen LogP contribution in [0.3, 0.4) is 0 Å². The molecule has 1 N–H and O–H groups in total. The second-order valence-electron chi connectivity index (χ2n) is 6.96. The van der Waals surface area contributed by atoms with E-state index >= 15 is 0 Å². The molecule has 1 aromatic heterocycles. The van der Waals surface area contributed by atoms with Crippen LogP contribution in [-0.2, 0) is 18.0 Å². The molecular weight excluding hydrogens is 404 g/mol. The lowest BCUT2D eigenvalue weighted by atomic mass is 10.1. The molecule has 1 saturated heterocycles. The summed E-state index contributed by atoms with van der Waals surface area (Å²) in [6.07, 6.45) is 1.57. The molecule has 0 unspecified atom stereocenters. The normalized spacial score (nSPS) is 14.4. The third-order valence-electron chi connectivity index (χ3n) is 4.82.